The summed E-state index contributed by atoms with van der Waals surface area (Å²) in [6.07, 6.45) is 0. The van der Waals surface area contributed by atoms with Crippen LogP contribution in [0, 0.1) is 10.1 Å². The highest BCUT2D eigenvalue weighted by Gasteiger charge is 2.42. The number of carbonyl (C=O) groups is 2. The van der Waals surface area contributed by atoms with Gasteiger partial charge in [-0.05, 0) is 42.4 Å². The third kappa shape index (κ3) is 4.06. The summed E-state index contributed by atoms with van der Waals surface area (Å²) in [6.45, 7) is 2.93. The maximum Gasteiger partial charge on any atom is 0.278 e. The average molecular weight is 436 g/mol. The lowest BCUT2D eigenvalue weighted by molar-refractivity contribution is -0.384. The van der Waals surface area contributed by atoms with Crippen LogP contribution in [0.4, 0.5) is 5.69 Å². The van der Waals surface area contributed by atoms with Crippen molar-refractivity contribution in [3.05, 3.63) is 75.5 Å². The summed E-state index contributed by atoms with van der Waals surface area (Å²) in [5, 5.41) is 11.0. The smallest absolute Gasteiger partial charge is 0.278 e. The van der Waals surface area contributed by atoms with E-state index in [9.17, 15) is 19.7 Å². The van der Waals surface area contributed by atoms with E-state index in [1.54, 1.807) is 19.2 Å². The summed E-state index contributed by atoms with van der Waals surface area (Å²) in [5.74, 6) is -0.0482. The molecule has 2 aliphatic heterocycles. The second-order valence-corrected chi connectivity index (χ2v) is 7.86. The number of hydrogen-bond acceptors (Lipinski definition) is 7. The lowest BCUT2D eigenvalue weighted by Gasteiger charge is -2.34. The van der Waals surface area contributed by atoms with E-state index in [-0.39, 0.29) is 18.1 Å². The Kier molecular flexibility index (Phi) is 5.91. The number of carbonyl (C=O) groups excluding carboxylic acids is 2. The van der Waals surface area contributed by atoms with Gasteiger partial charge in [0.2, 0.25) is 0 Å². The molecule has 0 bridgehead atoms. The number of likely N-dealkylation sites (N-methyl/N-ethyl adjacent to an activating group) is 1. The van der Waals surface area contributed by atoms with Crippen molar-refractivity contribution in [2.45, 2.75) is 6.54 Å². The zero-order valence-corrected chi connectivity index (χ0v) is 18.0. The lowest BCUT2D eigenvalue weighted by Crippen LogP contribution is -2.46. The van der Waals surface area contributed by atoms with Crippen LogP contribution < -0.4 is 4.74 Å². The predicted octanol–water partition coefficient (Wildman–Crippen LogP) is 2.13. The van der Waals surface area contributed by atoms with Crippen LogP contribution in [0.5, 0.6) is 5.75 Å². The van der Waals surface area contributed by atoms with Crippen LogP contribution in [0.15, 0.2) is 54.2 Å². The Labute approximate surface area is 185 Å². The largest absolute Gasteiger partial charge is 0.497 e. The topological polar surface area (TPSA) is 96.2 Å². The van der Waals surface area contributed by atoms with Crippen LogP contribution in [0.25, 0.3) is 5.57 Å². The normalized spacial score (nSPS) is 17.3. The Morgan fingerprint density at radius 3 is 2.12 bits per heavy atom. The first-order valence-corrected chi connectivity index (χ1v) is 10.3. The molecule has 0 atom stereocenters. The number of piperazine rings is 1. The molecule has 9 nitrogen and oxygen atoms in total. The number of methoxy groups -OCH3 is 1. The molecule has 2 amide bonds. The van der Waals surface area contributed by atoms with Crippen LogP contribution >= 0.6 is 0 Å². The highest BCUT2D eigenvalue weighted by Crippen LogP contribution is 2.34. The van der Waals surface area contributed by atoms with E-state index in [4.69, 9.17) is 4.74 Å². The van der Waals surface area contributed by atoms with E-state index in [2.05, 4.69) is 4.90 Å². The summed E-state index contributed by atoms with van der Waals surface area (Å²) in [4.78, 5) is 42.8. The number of non-ortho nitro benzene ring substituents is 1. The first-order chi connectivity index (χ1) is 15.4. The summed E-state index contributed by atoms with van der Waals surface area (Å²) in [6, 6.07) is 13.0. The number of rotatable bonds is 6. The molecular weight excluding hydrogens is 412 g/mol. The van der Waals surface area contributed by atoms with Gasteiger partial charge in [-0.15, -0.1) is 0 Å². The Bertz CT molecular complexity index is 1070. The number of benzene rings is 2. The van der Waals surface area contributed by atoms with Gasteiger partial charge < -0.3 is 14.5 Å². The van der Waals surface area contributed by atoms with E-state index >= 15 is 0 Å². The zero-order chi connectivity index (χ0) is 22.8. The van der Waals surface area contributed by atoms with Gasteiger partial charge in [0, 0.05) is 38.3 Å². The molecule has 0 N–H and O–H groups in total. The zero-order valence-electron chi connectivity index (χ0n) is 18.0. The van der Waals surface area contributed by atoms with Gasteiger partial charge >= 0.3 is 0 Å². The van der Waals surface area contributed by atoms with Gasteiger partial charge in [0.15, 0.2) is 0 Å². The molecule has 0 saturated carbocycles. The van der Waals surface area contributed by atoms with Crippen molar-refractivity contribution in [3.63, 3.8) is 0 Å². The number of nitro benzene ring substituents is 1. The van der Waals surface area contributed by atoms with E-state index < -0.39 is 10.8 Å². The van der Waals surface area contributed by atoms with E-state index in [1.165, 1.54) is 29.2 Å². The van der Waals surface area contributed by atoms with Crippen LogP contribution in [-0.4, -0.2) is 71.8 Å². The van der Waals surface area contributed by atoms with Crippen LogP contribution in [0.1, 0.15) is 11.1 Å². The van der Waals surface area contributed by atoms with Crippen molar-refractivity contribution in [2.75, 3.05) is 40.3 Å². The molecule has 0 aliphatic carbocycles. The van der Waals surface area contributed by atoms with Crippen LogP contribution in [0.3, 0.4) is 0 Å². The SMILES string of the molecule is COc1ccc(CN2C(=O)C(c3ccc([N+](=O)[O-])cc3)=C(N3CCN(C)CC3)C2=O)cc1. The van der Waals surface area contributed by atoms with Gasteiger partial charge in [-0.25, -0.2) is 0 Å². The monoisotopic (exact) mass is 436 g/mol. The maximum absolute atomic E-state index is 13.4. The van der Waals surface area contributed by atoms with Gasteiger partial charge in [0.25, 0.3) is 17.5 Å². The number of amides is 2. The Morgan fingerprint density at radius 1 is 0.938 bits per heavy atom. The van der Waals surface area contributed by atoms with Crippen molar-refractivity contribution in [3.8, 4) is 5.75 Å². The molecule has 9 heteroatoms. The Balaban J connectivity index is 1.69. The summed E-state index contributed by atoms with van der Waals surface area (Å²) >= 11 is 0. The fraction of sp³-hybridized carbons (Fsp3) is 0.304. The second-order valence-electron chi connectivity index (χ2n) is 7.86. The van der Waals surface area contributed by atoms with Crippen LogP contribution in [-0.2, 0) is 16.1 Å². The maximum atomic E-state index is 13.4. The Hall–Kier alpha value is -3.72. The van der Waals surface area contributed by atoms with E-state index in [1.807, 2.05) is 24.1 Å². The minimum atomic E-state index is -0.489. The number of imide groups is 1. The standard InChI is InChI=1S/C23H24N4O5/c1-24-11-13-25(14-12-24)21-20(17-5-7-18(8-6-17)27(30)31)22(28)26(23(21)29)15-16-3-9-19(32-2)10-4-16/h3-10H,11-15H2,1-2H3. The van der Waals surface area contributed by atoms with Crippen molar-refractivity contribution >= 4 is 23.1 Å². The molecule has 2 aliphatic rings. The molecule has 2 heterocycles. The molecule has 2 aromatic carbocycles. The van der Waals surface area contributed by atoms with Gasteiger partial charge in [-0.3, -0.25) is 24.6 Å². The number of nitro groups is 1. The lowest BCUT2D eigenvalue weighted by atomic mass is 10.0. The molecule has 4 rings (SSSR count). The first-order valence-electron chi connectivity index (χ1n) is 10.3. The highest BCUT2D eigenvalue weighted by atomic mass is 16.6. The first kappa shape index (κ1) is 21.5. The fourth-order valence-electron chi connectivity index (χ4n) is 3.95. The summed E-state index contributed by atoms with van der Waals surface area (Å²) < 4.78 is 5.17. The Morgan fingerprint density at radius 2 is 1.56 bits per heavy atom. The van der Waals surface area contributed by atoms with Gasteiger partial charge in [-0.2, -0.15) is 0 Å². The molecule has 1 saturated heterocycles. The van der Waals surface area contributed by atoms with Crippen molar-refractivity contribution in [1.82, 2.24) is 14.7 Å². The second kappa shape index (κ2) is 8.80. The molecule has 0 radical (unpaired) electrons. The minimum absolute atomic E-state index is 0.0673. The summed E-state index contributed by atoms with van der Waals surface area (Å²) in [5.41, 5.74) is 1.89. The average Bonchev–Trinajstić information content (AvgIpc) is 3.05. The van der Waals surface area contributed by atoms with Crippen molar-refractivity contribution in [1.29, 1.82) is 0 Å². The number of hydrogen-bond donors (Lipinski definition) is 0. The minimum Gasteiger partial charge on any atom is -0.497 e. The molecule has 1 fully saturated rings. The van der Waals surface area contributed by atoms with Crippen LogP contribution in [0.2, 0.25) is 0 Å². The number of ether oxygens (including phenoxy) is 1. The third-order valence-electron chi connectivity index (χ3n) is 5.83. The van der Waals surface area contributed by atoms with E-state index in [0.29, 0.717) is 35.7 Å². The molecule has 32 heavy (non-hydrogen) atoms. The van der Waals surface area contributed by atoms with Gasteiger partial charge in [0.05, 0.1) is 24.2 Å². The molecule has 0 unspecified atom stereocenters. The van der Waals surface area contributed by atoms with Crippen molar-refractivity contribution < 1.29 is 19.2 Å². The fourth-order valence-corrected chi connectivity index (χ4v) is 3.95. The van der Waals surface area contributed by atoms with Gasteiger partial charge in [0.1, 0.15) is 11.4 Å². The molecule has 0 spiro atoms. The van der Waals surface area contributed by atoms with Gasteiger partial charge in [-0.1, -0.05) is 12.1 Å². The molecule has 166 valence electrons. The number of nitrogens with zero attached hydrogens (tertiary/aromatic N) is 4. The predicted molar refractivity (Wildman–Crippen MR) is 118 cm³/mol. The quantitative estimate of drug-likeness (QED) is 0.389. The third-order valence-corrected chi connectivity index (χ3v) is 5.83. The highest BCUT2D eigenvalue weighted by molar-refractivity contribution is 6.35. The molecule has 2 aromatic rings. The molecule has 0 aromatic heterocycles. The van der Waals surface area contributed by atoms with E-state index in [0.717, 1.165) is 18.7 Å². The molecular formula is C23H24N4O5. The van der Waals surface area contributed by atoms with Crippen molar-refractivity contribution in [2.24, 2.45) is 0 Å². The summed E-state index contributed by atoms with van der Waals surface area (Å²) in [7, 11) is 3.59.